The number of hydrogen-bond donors (Lipinski definition) is 1. The van der Waals surface area contributed by atoms with Crippen LogP contribution >= 0.6 is 11.6 Å². The average molecular weight is 461 g/mol. The van der Waals surface area contributed by atoms with E-state index in [1.165, 1.54) is 4.90 Å². The molecular formula is C23H25ClN2O4S. The summed E-state index contributed by atoms with van der Waals surface area (Å²) < 4.78 is 28.5. The first-order valence-corrected chi connectivity index (χ1v) is 12.3. The van der Waals surface area contributed by atoms with E-state index in [0.29, 0.717) is 21.7 Å². The van der Waals surface area contributed by atoms with Crippen LogP contribution in [0.5, 0.6) is 0 Å². The second-order valence-corrected chi connectivity index (χ2v) is 10.4. The zero-order valence-electron chi connectivity index (χ0n) is 17.3. The van der Waals surface area contributed by atoms with Gasteiger partial charge < -0.3 is 0 Å². The molecule has 4 rings (SSSR count). The van der Waals surface area contributed by atoms with Crippen molar-refractivity contribution in [1.29, 1.82) is 0 Å². The third-order valence-corrected chi connectivity index (χ3v) is 8.14. The van der Waals surface area contributed by atoms with E-state index in [-0.39, 0.29) is 41.6 Å². The Labute approximate surface area is 187 Å². The van der Waals surface area contributed by atoms with Gasteiger partial charge in [-0.25, -0.2) is 13.1 Å². The molecule has 1 N–H and O–H groups in total. The fourth-order valence-corrected chi connectivity index (χ4v) is 6.00. The van der Waals surface area contributed by atoms with Crippen molar-refractivity contribution in [3.8, 4) is 0 Å². The molecule has 1 saturated heterocycles. The molecule has 164 valence electrons. The van der Waals surface area contributed by atoms with Gasteiger partial charge in [-0.15, -0.1) is 0 Å². The van der Waals surface area contributed by atoms with Crippen molar-refractivity contribution >= 4 is 33.4 Å². The zero-order valence-corrected chi connectivity index (χ0v) is 18.9. The van der Waals surface area contributed by atoms with Crippen molar-refractivity contribution in [3.63, 3.8) is 0 Å². The second-order valence-electron chi connectivity index (χ2n) is 8.28. The number of likely N-dealkylation sites (tertiary alicyclic amines) is 1. The van der Waals surface area contributed by atoms with Crippen molar-refractivity contribution < 1.29 is 18.0 Å². The molecule has 6 nitrogen and oxygen atoms in total. The summed E-state index contributed by atoms with van der Waals surface area (Å²) in [6.07, 6.45) is 3.45. The number of carbonyl (C=O) groups is 2. The number of nitrogens with zero attached hydrogens (tertiary/aromatic N) is 1. The van der Waals surface area contributed by atoms with E-state index in [1.54, 1.807) is 49.4 Å². The number of aryl methyl sites for hydroxylation is 1. The summed E-state index contributed by atoms with van der Waals surface area (Å²) in [5.41, 5.74) is 1.88. The number of fused-ring (bicyclic) bond motifs is 1. The lowest BCUT2D eigenvalue weighted by atomic mass is 9.81. The fraction of sp³-hybridized carbons (Fsp3) is 0.391. The summed E-state index contributed by atoms with van der Waals surface area (Å²) in [4.78, 5) is 27.0. The number of imide groups is 1. The molecule has 1 aliphatic carbocycles. The number of hydrogen-bond acceptors (Lipinski definition) is 4. The molecule has 2 aliphatic rings. The first-order valence-electron chi connectivity index (χ1n) is 10.5. The summed E-state index contributed by atoms with van der Waals surface area (Å²) in [5.74, 6) is -0.688. The van der Waals surface area contributed by atoms with Gasteiger partial charge in [-0.3, -0.25) is 14.5 Å². The van der Waals surface area contributed by atoms with Crippen LogP contribution in [-0.2, 0) is 32.7 Å². The minimum Gasteiger partial charge on any atom is -0.278 e. The van der Waals surface area contributed by atoms with Gasteiger partial charge in [-0.2, -0.15) is 0 Å². The van der Waals surface area contributed by atoms with Crippen LogP contribution in [0, 0.1) is 18.8 Å². The maximum absolute atomic E-state index is 13.0. The smallest absolute Gasteiger partial charge is 0.241 e. The van der Waals surface area contributed by atoms with Crippen LogP contribution in [0.1, 0.15) is 42.4 Å². The van der Waals surface area contributed by atoms with Gasteiger partial charge >= 0.3 is 0 Å². The zero-order chi connectivity index (χ0) is 22.2. The molecule has 2 fully saturated rings. The second kappa shape index (κ2) is 8.73. The monoisotopic (exact) mass is 460 g/mol. The lowest BCUT2D eigenvalue weighted by molar-refractivity contribution is -0.140. The maximum atomic E-state index is 13.0. The summed E-state index contributed by atoms with van der Waals surface area (Å²) >= 11 is 6.13. The number of carbonyl (C=O) groups excluding carboxylic acids is 2. The predicted octanol–water partition coefficient (Wildman–Crippen LogP) is 3.80. The van der Waals surface area contributed by atoms with Gasteiger partial charge in [0.25, 0.3) is 0 Å². The molecule has 2 aromatic rings. The quantitative estimate of drug-likeness (QED) is 0.664. The minimum absolute atomic E-state index is 0.0676. The van der Waals surface area contributed by atoms with Crippen molar-refractivity contribution in [2.45, 2.75) is 50.6 Å². The number of benzene rings is 2. The highest BCUT2D eigenvalue weighted by atomic mass is 35.5. The lowest BCUT2D eigenvalue weighted by Gasteiger charge is -2.19. The normalized spacial score (nSPS) is 21.4. The standard InChI is InChI=1S/C23H25ClN2O4S/c1-15-10-11-16(14-26-22(27)18-7-3-4-8-19(18)23(26)28)12-21(15)31(29,30)25-13-17-6-2-5-9-20(17)24/h2,5-6,9-12,18-19,25H,3-4,7-8,13-14H2,1H3. The van der Waals surface area contributed by atoms with E-state index in [1.807, 2.05) is 0 Å². The Morgan fingerprint density at radius 2 is 1.68 bits per heavy atom. The number of amides is 2. The summed E-state index contributed by atoms with van der Waals surface area (Å²) in [6.45, 7) is 1.88. The highest BCUT2D eigenvalue weighted by molar-refractivity contribution is 7.89. The van der Waals surface area contributed by atoms with Gasteiger partial charge in [-0.05, 0) is 48.6 Å². The highest BCUT2D eigenvalue weighted by Crippen LogP contribution is 2.38. The van der Waals surface area contributed by atoms with E-state index < -0.39 is 10.0 Å². The Kier molecular flexibility index (Phi) is 6.19. The van der Waals surface area contributed by atoms with E-state index in [9.17, 15) is 18.0 Å². The molecule has 0 spiro atoms. The molecule has 2 unspecified atom stereocenters. The van der Waals surface area contributed by atoms with Crippen molar-refractivity contribution in [2.24, 2.45) is 11.8 Å². The third kappa shape index (κ3) is 4.40. The van der Waals surface area contributed by atoms with Crippen molar-refractivity contribution in [2.75, 3.05) is 0 Å². The van der Waals surface area contributed by atoms with E-state index in [4.69, 9.17) is 11.6 Å². The van der Waals surface area contributed by atoms with E-state index in [2.05, 4.69) is 4.72 Å². The van der Waals surface area contributed by atoms with Crippen LogP contribution in [0.3, 0.4) is 0 Å². The van der Waals surface area contributed by atoms with Gasteiger partial charge in [0.2, 0.25) is 21.8 Å². The van der Waals surface area contributed by atoms with Crippen LogP contribution in [-0.4, -0.2) is 25.1 Å². The summed E-state index contributed by atoms with van der Waals surface area (Å²) in [7, 11) is -3.81. The van der Waals surface area contributed by atoms with E-state index in [0.717, 1.165) is 25.7 Å². The lowest BCUT2D eigenvalue weighted by Crippen LogP contribution is -2.30. The molecule has 31 heavy (non-hydrogen) atoms. The topological polar surface area (TPSA) is 83.6 Å². The number of nitrogens with one attached hydrogen (secondary N) is 1. The summed E-state index contributed by atoms with van der Waals surface area (Å²) in [5, 5.41) is 0.489. The Hall–Kier alpha value is -2.22. The first kappa shape index (κ1) is 22.0. The molecule has 1 heterocycles. The van der Waals surface area contributed by atoms with Crippen LogP contribution in [0.25, 0.3) is 0 Å². The molecule has 0 aromatic heterocycles. The van der Waals surface area contributed by atoms with Crippen LogP contribution in [0.15, 0.2) is 47.4 Å². The molecule has 1 saturated carbocycles. The van der Waals surface area contributed by atoms with E-state index >= 15 is 0 Å². The summed E-state index contributed by atoms with van der Waals surface area (Å²) in [6, 6.07) is 12.1. The molecule has 2 atom stereocenters. The number of sulfonamides is 1. The third-order valence-electron chi connectivity index (χ3n) is 6.23. The Bertz CT molecular complexity index is 1110. The Balaban J connectivity index is 1.53. The molecule has 2 amide bonds. The predicted molar refractivity (Wildman–Crippen MR) is 118 cm³/mol. The first-order chi connectivity index (χ1) is 14.8. The largest absolute Gasteiger partial charge is 0.278 e. The van der Waals surface area contributed by atoms with Gasteiger partial charge in [0.05, 0.1) is 23.3 Å². The molecule has 8 heteroatoms. The van der Waals surface area contributed by atoms with Gasteiger partial charge in [0.15, 0.2) is 0 Å². The number of halogens is 1. The van der Waals surface area contributed by atoms with Gasteiger partial charge in [-0.1, -0.05) is 54.8 Å². The van der Waals surface area contributed by atoms with Crippen LogP contribution in [0.2, 0.25) is 5.02 Å². The molecule has 0 bridgehead atoms. The maximum Gasteiger partial charge on any atom is 0.241 e. The van der Waals surface area contributed by atoms with Crippen LogP contribution < -0.4 is 4.72 Å². The van der Waals surface area contributed by atoms with Gasteiger partial charge in [0.1, 0.15) is 0 Å². The Morgan fingerprint density at radius 1 is 1.03 bits per heavy atom. The van der Waals surface area contributed by atoms with Crippen molar-refractivity contribution in [1.82, 2.24) is 9.62 Å². The minimum atomic E-state index is -3.81. The molecular weight excluding hydrogens is 436 g/mol. The van der Waals surface area contributed by atoms with Gasteiger partial charge in [0, 0.05) is 11.6 Å². The van der Waals surface area contributed by atoms with Crippen molar-refractivity contribution in [3.05, 3.63) is 64.2 Å². The number of rotatable bonds is 6. The molecule has 2 aromatic carbocycles. The van der Waals surface area contributed by atoms with Crippen LogP contribution in [0.4, 0.5) is 0 Å². The Morgan fingerprint density at radius 3 is 2.32 bits per heavy atom. The molecule has 0 radical (unpaired) electrons. The molecule has 1 aliphatic heterocycles. The average Bonchev–Trinajstić information content (AvgIpc) is 2.99. The highest BCUT2D eigenvalue weighted by Gasteiger charge is 2.47. The fourth-order valence-electron chi connectivity index (χ4n) is 4.49. The SMILES string of the molecule is Cc1ccc(CN2C(=O)C3CCCCC3C2=O)cc1S(=O)(=O)NCc1ccccc1Cl.